The SMILES string of the molecule is C[C@H]1CCC[C@H](C)N1C(=O)NC(=O)C(F)(F)F. The minimum absolute atomic E-state index is 0.153. The maximum Gasteiger partial charge on any atom is 0.471 e. The molecule has 4 nitrogen and oxygen atoms in total. The van der Waals surface area contributed by atoms with Gasteiger partial charge in [0, 0.05) is 12.1 Å². The highest BCUT2D eigenvalue weighted by molar-refractivity contribution is 5.97. The first-order chi connectivity index (χ1) is 7.73. The second-order valence-corrected chi connectivity index (χ2v) is 4.29. The molecule has 1 heterocycles. The van der Waals surface area contributed by atoms with Gasteiger partial charge < -0.3 is 4.90 Å². The minimum atomic E-state index is -5.03. The van der Waals surface area contributed by atoms with Gasteiger partial charge in [-0.1, -0.05) is 0 Å². The molecule has 1 aliphatic heterocycles. The van der Waals surface area contributed by atoms with E-state index in [1.54, 1.807) is 13.8 Å². The van der Waals surface area contributed by atoms with Gasteiger partial charge in [0.2, 0.25) is 0 Å². The van der Waals surface area contributed by atoms with Crippen molar-refractivity contribution in [2.24, 2.45) is 0 Å². The normalized spacial score (nSPS) is 25.6. The smallest absolute Gasteiger partial charge is 0.319 e. The maximum atomic E-state index is 12.0. The lowest BCUT2D eigenvalue weighted by molar-refractivity contribution is -0.172. The van der Waals surface area contributed by atoms with E-state index in [0.29, 0.717) is 0 Å². The molecule has 0 aliphatic carbocycles. The van der Waals surface area contributed by atoms with Crippen LogP contribution in [0.25, 0.3) is 0 Å². The van der Waals surface area contributed by atoms with Crippen molar-refractivity contribution in [3.8, 4) is 0 Å². The number of carbonyl (C=O) groups excluding carboxylic acids is 2. The van der Waals surface area contributed by atoms with E-state index < -0.39 is 18.1 Å². The van der Waals surface area contributed by atoms with Gasteiger partial charge in [0.05, 0.1) is 0 Å². The number of imide groups is 1. The van der Waals surface area contributed by atoms with Gasteiger partial charge in [0.25, 0.3) is 0 Å². The van der Waals surface area contributed by atoms with Gasteiger partial charge in [0.1, 0.15) is 0 Å². The Balaban J connectivity index is 2.66. The fraction of sp³-hybridized carbons (Fsp3) is 0.800. The van der Waals surface area contributed by atoms with Crippen molar-refractivity contribution in [2.75, 3.05) is 0 Å². The Kier molecular flexibility index (Phi) is 4.00. The summed E-state index contributed by atoms with van der Waals surface area (Å²) in [5.74, 6) is -2.22. The van der Waals surface area contributed by atoms with Crippen LogP contribution in [0, 0.1) is 0 Å². The van der Waals surface area contributed by atoms with Crippen LogP contribution in [0.2, 0.25) is 0 Å². The Labute approximate surface area is 97.1 Å². The molecule has 1 N–H and O–H groups in total. The number of hydrogen-bond acceptors (Lipinski definition) is 2. The Morgan fingerprint density at radius 1 is 1.18 bits per heavy atom. The van der Waals surface area contributed by atoms with Gasteiger partial charge in [-0.3, -0.25) is 10.1 Å². The summed E-state index contributed by atoms with van der Waals surface area (Å²) in [6.45, 7) is 3.51. The number of piperidine rings is 1. The Hall–Kier alpha value is -1.27. The average molecular weight is 252 g/mol. The van der Waals surface area contributed by atoms with Gasteiger partial charge in [-0.15, -0.1) is 0 Å². The van der Waals surface area contributed by atoms with Crippen LogP contribution in [-0.4, -0.2) is 35.1 Å². The largest absolute Gasteiger partial charge is 0.471 e. The van der Waals surface area contributed by atoms with Gasteiger partial charge in [0.15, 0.2) is 0 Å². The maximum absolute atomic E-state index is 12.0. The molecule has 98 valence electrons. The molecule has 0 spiro atoms. The second kappa shape index (κ2) is 4.93. The van der Waals surface area contributed by atoms with Gasteiger partial charge >= 0.3 is 18.1 Å². The number of halogens is 3. The van der Waals surface area contributed by atoms with Crippen molar-refractivity contribution in [3.63, 3.8) is 0 Å². The molecule has 7 heteroatoms. The predicted molar refractivity (Wildman–Crippen MR) is 54.2 cm³/mol. The van der Waals surface area contributed by atoms with Crippen molar-refractivity contribution in [1.82, 2.24) is 10.2 Å². The van der Waals surface area contributed by atoms with Crippen LogP contribution in [0.5, 0.6) is 0 Å². The number of alkyl halides is 3. The molecule has 2 atom stereocenters. The third-order valence-corrected chi connectivity index (χ3v) is 2.91. The van der Waals surface area contributed by atoms with Gasteiger partial charge in [-0.05, 0) is 33.1 Å². The van der Waals surface area contributed by atoms with Crippen LogP contribution >= 0.6 is 0 Å². The highest BCUT2D eigenvalue weighted by Crippen LogP contribution is 2.23. The standard InChI is InChI=1S/C10H15F3N2O2/c1-6-4-3-5-7(2)15(6)9(17)14-8(16)10(11,12)13/h6-7H,3-5H2,1-2H3,(H,14,16,17)/t6-,7-/m0/s1. The molecule has 0 aromatic rings. The van der Waals surface area contributed by atoms with Crippen molar-refractivity contribution in [2.45, 2.75) is 51.4 Å². The van der Waals surface area contributed by atoms with E-state index in [-0.39, 0.29) is 12.1 Å². The molecule has 3 amide bonds. The Morgan fingerprint density at radius 3 is 2.06 bits per heavy atom. The zero-order valence-electron chi connectivity index (χ0n) is 9.67. The van der Waals surface area contributed by atoms with Crippen molar-refractivity contribution < 1.29 is 22.8 Å². The number of nitrogens with zero attached hydrogens (tertiary/aromatic N) is 1. The molecule has 1 saturated heterocycles. The summed E-state index contributed by atoms with van der Waals surface area (Å²) in [6.07, 6.45) is -2.63. The molecule has 0 aromatic carbocycles. The number of rotatable bonds is 0. The zero-order chi connectivity index (χ0) is 13.2. The molecule has 1 rings (SSSR count). The van der Waals surface area contributed by atoms with E-state index in [9.17, 15) is 22.8 Å². The summed E-state index contributed by atoms with van der Waals surface area (Å²) in [5, 5.41) is 1.37. The Morgan fingerprint density at radius 2 is 1.65 bits per heavy atom. The summed E-state index contributed by atoms with van der Waals surface area (Å²) in [4.78, 5) is 23.5. The molecule has 0 unspecified atom stereocenters. The zero-order valence-corrected chi connectivity index (χ0v) is 9.67. The van der Waals surface area contributed by atoms with Gasteiger partial charge in [-0.25, -0.2) is 4.79 Å². The molecular formula is C10H15F3N2O2. The lowest BCUT2D eigenvalue weighted by Crippen LogP contribution is -2.55. The van der Waals surface area contributed by atoms with E-state index in [0.717, 1.165) is 19.3 Å². The fourth-order valence-electron chi connectivity index (χ4n) is 2.05. The first-order valence-corrected chi connectivity index (χ1v) is 5.44. The van der Waals surface area contributed by atoms with E-state index in [2.05, 4.69) is 0 Å². The molecule has 0 bridgehead atoms. The number of carbonyl (C=O) groups is 2. The Bertz CT molecular complexity index is 307. The van der Waals surface area contributed by atoms with E-state index in [1.807, 2.05) is 0 Å². The number of hydrogen-bond donors (Lipinski definition) is 1. The molecule has 17 heavy (non-hydrogen) atoms. The number of nitrogens with one attached hydrogen (secondary N) is 1. The fourth-order valence-corrected chi connectivity index (χ4v) is 2.05. The monoisotopic (exact) mass is 252 g/mol. The van der Waals surface area contributed by atoms with E-state index in [1.165, 1.54) is 10.2 Å². The van der Waals surface area contributed by atoms with E-state index >= 15 is 0 Å². The lowest BCUT2D eigenvalue weighted by Gasteiger charge is -2.38. The molecule has 0 saturated carbocycles. The van der Waals surface area contributed by atoms with E-state index in [4.69, 9.17) is 0 Å². The summed E-state index contributed by atoms with van der Waals surface area (Å²) in [6, 6.07) is -1.27. The van der Waals surface area contributed by atoms with Gasteiger partial charge in [-0.2, -0.15) is 13.2 Å². The molecule has 1 fully saturated rings. The molecular weight excluding hydrogens is 237 g/mol. The highest BCUT2D eigenvalue weighted by Gasteiger charge is 2.41. The van der Waals surface area contributed by atoms with Crippen molar-refractivity contribution in [1.29, 1.82) is 0 Å². The summed E-state index contributed by atoms with van der Waals surface area (Å²) >= 11 is 0. The lowest BCUT2D eigenvalue weighted by atomic mass is 9.98. The first kappa shape index (κ1) is 13.8. The summed E-state index contributed by atoms with van der Waals surface area (Å²) < 4.78 is 36.0. The predicted octanol–water partition coefficient (Wildman–Crippen LogP) is 2.05. The van der Waals surface area contributed by atoms with Crippen molar-refractivity contribution in [3.05, 3.63) is 0 Å². The summed E-state index contributed by atoms with van der Waals surface area (Å²) in [5.41, 5.74) is 0. The van der Waals surface area contributed by atoms with Crippen molar-refractivity contribution >= 4 is 11.9 Å². The van der Waals surface area contributed by atoms with Crippen LogP contribution in [0.15, 0.2) is 0 Å². The number of amides is 3. The molecule has 0 aromatic heterocycles. The molecule has 1 aliphatic rings. The van der Waals surface area contributed by atoms with Crippen LogP contribution in [0.3, 0.4) is 0 Å². The third-order valence-electron chi connectivity index (χ3n) is 2.91. The second-order valence-electron chi connectivity index (χ2n) is 4.29. The third kappa shape index (κ3) is 3.34. The van der Waals surface area contributed by atoms with Crippen LogP contribution in [0.4, 0.5) is 18.0 Å². The first-order valence-electron chi connectivity index (χ1n) is 5.44. The number of likely N-dealkylation sites (tertiary alicyclic amines) is 1. The molecule has 0 radical (unpaired) electrons. The highest BCUT2D eigenvalue weighted by atomic mass is 19.4. The van der Waals surface area contributed by atoms with Crippen LogP contribution in [-0.2, 0) is 4.79 Å². The summed E-state index contributed by atoms with van der Waals surface area (Å²) in [7, 11) is 0. The number of urea groups is 1. The minimum Gasteiger partial charge on any atom is -0.319 e. The average Bonchev–Trinajstić information content (AvgIpc) is 2.15. The topological polar surface area (TPSA) is 49.4 Å². The quantitative estimate of drug-likeness (QED) is 0.717. The van der Waals surface area contributed by atoms with Crippen LogP contribution in [0.1, 0.15) is 33.1 Å². The van der Waals surface area contributed by atoms with Crippen LogP contribution < -0.4 is 5.32 Å².